The quantitative estimate of drug-likeness (QED) is 0.764. The molecule has 1 saturated heterocycles. The van der Waals surface area contributed by atoms with Gasteiger partial charge in [-0.05, 0) is 12.1 Å². The average Bonchev–Trinajstić information content (AvgIpc) is 2.99. The summed E-state index contributed by atoms with van der Waals surface area (Å²) in [6, 6.07) is 11.5. The molecular formula is C19H20N2O4. The zero-order chi connectivity index (χ0) is 17.2. The second-order valence-electron chi connectivity index (χ2n) is 6.10. The van der Waals surface area contributed by atoms with E-state index in [1.54, 1.807) is 7.11 Å². The smallest absolute Gasteiger partial charge is 0.227 e. The molecule has 2 aromatic carbocycles. The van der Waals surface area contributed by atoms with E-state index in [9.17, 15) is 4.79 Å². The maximum Gasteiger partial charge on any atom is 0.227 e. The first-order chi connectivity index (χ1) is 12.2. The van der Waals surface area contributed by atoms with Crippen molar-refractivity contribution in [1.29, 1.82) is 0 Å². The highest BCUT2D eigenvalue weighted by Gasteiger charge is 2.19. The molecule has 1 fully saturated rings. The molecular weight excluding hydrogens is 320 g/mol. The van der Waals surface area contributed by atoms with Gasteiger partial charge >= 0.3 is 0 Å². The molecule has 25 heavy (non-hydrogen) atoms. The van der Waals surface area contributed by atoms with Crippen molar-refractivity contribution in [2.75, 3.05) is 32.1 Å². The van der Waals surface area contributed by atoms with Crippen LogP contribution < -0.4 is 15.4 Å². The Morgan fingerprint density at radius 1 is 1.28 bits per heavy atom. The number of morpholine rings is 1. The van der Waals surface area contributed by atoms with Gasteiger partial charge in [-0.15, -0.1) is 0 Å². The van der Waals surface area contributed by atoms with Crippen molar-refractivity contribution in [3.63, 3.8) is 0 Å². The van der Waals surface area contributed by atoms with Crippen LogP contribution in [0.25, 0.3) is 21.9 Å². The number of methoxy groups -OCH3 is 1. The SMILES string of the molecule is COc1cc2c(cc1NC(=O)C[C@@H]1CNCCO1)oc1ccccc12. The molecule has 1 atom stereocenters. The molecule has 1 amide bonds. The summed E-state index contributed by atoms with van der Waals surface area (Å²) in [4.78, 5) is 12.4. The van der Waals surface area contributed by atoms with Gasteiger partial charge in [0.1, 0.15) is 16.9 Å². The minimum absolute atomic E-state index is 0.102. The number of fused-ring (bicyclic) bond motifs is 3. The Morgan fingerprint density at radius 3 is 2.96 bits per heavy atom. The molecule has 2 N–H and O–H groups in total. The van der Waals surface area contributed by atoms with Crippen LogP contribution in [0.1, 0.15) is 6.42 Å². The van der Waals surface area contributed by atoms with Crippen LogP contribution in [0, 0.1) is 0 Å². The summed E-state index contributed by atoms with van der Waals surface area (Å²) >= 11 is 0. The van der Waals surface area contributed by atoms with Gasteiger partial charge in [-0.2, -0.15) is 0 Å². The molecule has 130 valence electrons. The number of rotatable bonds is 4. The van der Waals surface area contributed by atoms with Gasteiger partial charge in [0.05, 0.1) is 31.9 Å². The molecule has 6 heteroatoms. The predicted molar refractivity (Wildman–Crippen MR) is 96.1 cm³/mol. The Kier molecular flexibility index (Phi) is 4.29. The van der Waals surface area contributed by atoms with Gasteiger partial charge in [-0.3, -0.25) is 4.79 Å². The molecule has 2 heterocycles. The van der Waals surface area contributed by atoms with Crippen molar-refractivity contribution in [3.05, 3.63) is 36.4 Å². The first kappa shape index (κ1) is 15.9. The van der Waals surface area contributed by atoms with Gasteiger partial charge < -0.3 is 24.5 Å². The number of carbonyl (C=O) groups excluding carboxylic acids is 1. The Balaban J connectivity index is 1.61. The number of carbonyl (C=O) groups is 1. The van der Waals surface area contributed by atoms with Crippen molar-refractivity contribution in [2.45, 2.75) is 12.5 Å². The first-order valence-corrected chi connectivity index (χ1v) is 8.36. The van der Waals surface area contributed by atoms with Gasteiger partial charge in [0.25, 0.3) is 0 Å². The molecule has 0 unspecified atom stereocenters. The lowest BCUT2D eigenvalue weighted by atomic mass is 10.1. The monoisotopic (exact) mass is 340 g/mol. The van der Waals surface area contributed by atoms with Crippen LogP contribution in [0.2, 0.25) is 0 Å². The fraction of sp³-hybridized carbons (Fsp3) is 0.316. The van der Waals surface area contributed by atoms with E-state index in [1.165, 1.54) is 0 Å². The largest absolute Gasteiger partial charge is 0.495 e. The van der Waals surface area contributed by atoms with Gasteiger partial charge in [-0.1, -0.05) is 18.2 Å². The number of ether oxygens (including phenoxy) is 2. The lowest BCUT2D eigenvalue weighted by Gasteiger charge is -2.23. The lowest BCUT2D eigenvalue weighted by Crippen LogP contribution is -2.40. The zero-order valence-electron chi connectivity index (χ0n) is 14.0. The van der Waals surface area contributed by atoms with Crippen molar-refractivity contribution in [3.8, 4) is 5.75 Å². The molecule has 0 spiro atoms. The Morgan fingerprint density at radius 2 is 2.16 bits per heavy atom. The third-order valence-corrected chi connectivity index (χ3v) is 4.39. The Hall–Kier alpha value is -2.57. The molecule has 1 aliphatic rings. The maximum atomic E-state index is 12.4. The fourth-order valence-electron chi connectivity index (χ4n) is 3.18. The molecule has 0 saturated carbocycles. The van der Waals surface area contributed by atoms with Crippen LogP contribution in [0.3, 0.4) is 0 Å². The van der Waals surface area contributed by atoms with E-state index in [2.05, 4.69) is 10.6 Å². The number of hydrogen-bond donors (Lipinski definition) is 2. The van der Waals surface area contributed by atoms with E-state index in [1.807, 2.05) is 36.4 Å². The molecule has 1 aliphatic heterocycles. The third kappa shape index (κ3) is 3.18. The van der Waals surface area contributed by atoms with E-state index in [0.29, 0.717) is 36.6 Å². The summed E-state index contributed by atoms with van der Waals surface area (Å²) in [6.07, 6.45) is 0.198. The van der Waals surface area contributed by atoms with Crippen molar-refractivity contribution < 1.29 is 18.7 Å². The van der Waals surface area contributed by atoms with Crippen LogP contribution in [0.4, 0.5) is 5.69 Å². The van der Waals surface area contributed by atoms with Gasteiger partial charge in [0.15, 0.2) is 0 Å². The standard InChI is InChI=1S/C19H20N2O4/c1-23-18-9-14-13-4-2-3-5-16(13)25-17(14)10-15(18)21-19(22)8-12-11-20-6-7-24-12/h2-5,9-10,12,20H,6-8,11H2,1H3,(H,21,22)/t12-/m1/s1. The first-order valence-electron chi connectivity index (χ1n) is 8.36. The van der Waals surface area contributed by atoms with Crippen LogP contribution in [-0.4, -0.2) is 38.8 Å². The maximum absolute atomic E-state index is 12.4. The fourth-order valence-corrected chi connectivity index (χ4v) is 3.18. The minimum Gasteiger partial charge on any atom is -0.495 e. The number of para-hydroxylation sites is 1. The van der Waals surface area contributed by atoms with Crippen LogP contribution in [0.5, 0.6) is 5.75 Å². The molecule has 6 nitrogen and oxygen atoms in total. The number of nitrogens with one attached hydrogen (secondary N) is 2. The predicted octanol–water partition coefficient (Wildman–Crippen LogP) is 2.91. The van der Waals surface area contributed by atoms with E-state index >= 15 is 0 Å². The molecule has 3 aromatic rings. The van der Waals surface area contributed by atoms with E-state index in [0.717, 1.165) is 22.9 Å². The molecule has 0 aliphatic carbocycles. The van der Waals surface area contributed by atoms with E-state index < -0.39 is 0 Å². The van der Waals surface area contributed by atoms with Gasteiger partial charge in [-0.25, -0.2) is 0 Å². The summed E-state index contributed by atoms with van der Waals surface area (Å²) < 4.78 is 16.9. The minimum atomic E-state index is -0.109. The highest BCUT2D eigenvalue weighted by molar-refractivity contribution is 6.07. The van der Waals surface area contributed by atoms with Crippen molar-refractivity contribution in [2.24, 2.45) is 0 Å². The van der Waals surface area contributed by atoms with Crippen molar-refractivity contribution in [1.82, 2.24) is 5.32 Å². The Labute approximate surface area is 145 Å². The zero-order valence-corrected chi connectivity index (χ0v) is 14.0. The Bertz CT molecular complexity index is 912. The summed E-state index contributed by atoms with van der Waals surface area (Å²) in [7, 11) is 1.59. The normalized spacial score (nSPS) is 17.7. The highest BCUT2D eigenvalue weighted by atomic mass is 16.5. The number of amides is 1. The third-order valence-electron chi connectivity index (χ3n) is 4.39. The van der Waals surface area contributed by atoms with E-state index in [-0.39, 0.29) is 12.0 Å². The van der Waals surface area contributed by atoms with Crippen molar-refractivity contribution >= 4 is 33.5 Å². The number of anilines is 1. The van der Waals surface area contributed by atoms with Gasteiger partial charge in [0.2, 0.25) is 5.91 Å². The summed E-state index contributed by atoms with van der Waals surface area (Å²) in [5.74, 6) is 0.498. The topological polar surface area (TPSA) is 72.7 Å². The van der Waals surface area contributed by atoms with Crippen LogP contribution >= 0.6 is 0 Å². The summed E-state index contributed by atoms with van der Waals surface area (Å²) in [5, 5.41) is 8.12. The van der Waals surface area contributed by atoms with Crippen LogP contribution in [-0.2, 0) is 9.53 Å². The lowest BCUT2D eigenvalue weighted by molar-refractivity contribution is -0.119. The summed E-state index contributed by atoms with van der Waals surface area (Å²) in [6.45, 7) is 2.15. The number of benzene rings is 2. The average molecular weight is 340 g/mol. The van der Waals surface area contributed by atoms with Crippen LogP contribution in [0.15, 0.2) is 40.8 Å². The number of hydrogen-bond acceptors (Lipinski definition) is 5. The molecule has 0 bridgehead atoms. The molecule has 4 rings (SSSR count). The highest BCUT2D eigenvalue weighted by Crippen LogP contribution is 2.36. The second kappa shape index (κ2) is 6.74. The summed E-state index contributed by atoms with van der Waals surface area (Å²) in [5.41, 5.74) is 2.13. The second-order valence-corrected chi connectivity index (χ2v) is 6.10. The molecule has 0 radical (unpaired) electrons. The van der Waals surface area contributed by atoms with Gasteiger partial charge in [0, 0.05) is 29.9 Å². The van der Waals surface area contributed by atoms with E-state index in [4.69, 9.17) is 13.9 Å². The number of furan rings is 1. The molecule has 1 aromatic heterocycles.